The smallest absolute Gasteiger partial charge is 0.280 e. The summed E-state index contributed by atoms with van der Waals surface area (Å²) < 4.78 is 30.6. The fraction of sp³-hybridized carbons (Fsp3) is 0.207. The number of anilines is 1. The van der Waals surface area contributed by atoms with Gasteiger partial charge in [0.1, 0.15) is 6.04 Å². The normalized spacial score (nSPS) is 11.7. The maximum absolute atomic E-state index is 14.9. The predicted molar refractivity (Wildman–Crippen MR) is 148 cm³/mol. The van der Waals surface area contributed by atoms with E-state index >= 15 is 0 Å². The molecule has 0 radical (unpaired) electrons. The number of nitrogens with zero attached hydrogens (tertiary/aromatic N) is 3. The van der Waals surface area contributed by atoms with Gasteiger partial charge in [-0.1, -0.05) is 35.9 Å². The van der Waals surface area contributed by atoms with Crippen molar-refractivity contribution < 1.29 is 13.6 Å². The highest BCUT2D eigenvalue weighted by Gasteiger charge is 2.32. The number of aryl methyl sites for hydroxylation is 1. The van der Waals surface area contributed by atoms with Gasteiger partial charge in [0.25, 0.3) is 11.5 Å². The number of carbonyl (C=O) groups is 1. The van der Waals surface area contributed by atoms with Crippen LogP contribution in [0, 0.1) is 30.9 Å². The highest BCUT2D eigenvalue weighted by molar-refractivity contribution is 6.31. The number of benzene rings is 3. The van der Waals surface area contributed by atoms with Gasteiger partial charge in [-0.3, -0.25) is 15.0 Å². The number of nitrogens with one attached hydrogen (secondary N) is 1. The van der Waals surface area contributed by atoms with Gasteiger partial charge in [-0.25, -0.2) is 18.4 Å². The maximum Gasteiger partial charge on any atom is 0.280 e. The number of fused-ring (bicyclic) bond motifs is 1. The van der Waals surface area contributed by atoms with Crippen molar-refractivity contribution >= 4 is 34.1 Å². The molecule has 0 saturated heterocycles. The fourth-order valence-corrected chi connectivity index (χ4v) is 4.39. The molecule has 10 heteroatoms. The van der Waals surface area contributed by atoms with Gasteiger partial charge in [-0.15, -0.1) is 12.3 Å². The standard InChI is InChI=1S/C29H26ClF2N5O2/c1-3-8-24(36(16-7-15-33)28(38)22-13-11-18(2)25(31)26(22)32)27-34-23-17-19(30)12-14-21(23)29(39)37(27)35-20-9-5-4-6-10-20/h1,4-6,9-14,17,24,35H,7-8,15-16,33H2,2H3/t24-/m1/s1. The van der Waals surface area contributed by atoms with Crippen LogP contribution in [0.1, 0.15) is 40.6 Å². The zero-order chi connectivity index (χ0) is 28.1. The number of hydrogen-bond donors (Lipinski definition) is 2. The molecule has 1 aromatic heterocycles. The van der Waals surface area contributed by atoms with Gasteiger partial charge >= 0.3 is 0 Å². The Morgan fingerprint density at radius 1 is 1.18 bits per heavy atom. The molecule has 1 amide bonds. The second-order valence-corrected chi connectivity index (χ2v) is 9.31. The van der Waals surface area contributed by atoms with E-state index in [0.29, 0.717) is 17.1 Å². The number of nitrogens with two attached hydrogens (primary N) is 1. The SMILES string of the molecule is C#CC[C@H](c1nc2cc(Cl)ccc2c(=O)n1Nc1ccccc1)N(CCCN)C(=O)c1ccc(C)c(F)c1F. The zero-order valence-corrected chi connectivity index (χ0v) is 21.9. The van der Waals surface area contributed by atoms with Crippen molar-refractivity contribution in [3.05, 3.63) is 105 Å². The summed E-state index contributed by atoms with van der Waals surface area (Å²) >= 11 is 6.19. The molecular formula is C29H26ClF2N5O2. The molecule has 200 valence electrons. The molecule has 0 bridgehead atoms. The van der Waals surface area contributed by atoms with Crippen molar-refractivity contribution in [2.75, 3.05) is 18.5 Å². The van der Waals surface area contributed by atoms with Crippen LogP contribution in [0.2, 0.25) is 5.02 Å². The quantitative estimate of drug-likeness (QED) is 0.284. The molecule has 1 atom stereocenters. The Kier molecular flexibility index (Phi) is 8.59. The van der Waals surface area contributed by atoms with Gasteiger partial charge in [0, 0.05) is 18.0 Å². The van der Waals surface area contributed by atoms with Crippen molar-refractivity contribution in [3.63, 3.8) is 0 Å². The summed E-state index contributed by atoms with van der Waals surface area (Å²) in [6.07, 6.45) is 5.97. The number of para-hydroxylation sites is 1. The molecule has 0 saturated carbocycles. The minimum absolute atomic E-state index is 0.0470. The average molecular weight is 550 g/mol. The molecule has 0 unspecified atom stereocenters. The summed E-state index contributed by atoms with van der Waals surface area (Å²) in [6.45, 7) is 1.66. The molecule has 0 aliphatic rings. The lowest BCUT2D eigenvalue weighted by molar-refractivity contribution is 0.0660. The van der Waals surface area contributed by atoms with E-state index in [-0.39, 0.29) is 41.8 Å². The molecule has 3 N–H and O–H groups in total. The summed E-state index contributed by atoms with van der Waals surface area (Å²) in [7, 11) is 0. The first-order valence-corrected chi connectivity index (χ1v) is 12.6. The number of rotatable bonds is 9. The molecule has 4 rings (SSSR count). The summed E-state index contributed by atoms with van der Waals surface area (Å²) in [5, 5.41) is 0.633. The number of hydrogen-bond acceptors (Lipinski definition) is 5. The van der Waals surface area contributed by atoms with Crippen LogP contribution >= 0.6 is 11.6 Å². The van der Waals surface area contributed by atoms with Gasteiger partial charge < -0.3 is 10.6 Å². The average Bonchev–Trinajstić information content (AvgIpc) is 2.93. The second kappa shape index (κ2) is 12.1. The Balaban J connectivity index is 1.95. The van der Waals surface area contributed by atoms with E-state index in [1.807, 2.05) is 6.07 Å². The minimum atomic E-state index is -1.27. The molecule has 0 aliphatic heterocycles. The first-order valence-electron chi connectivity index (χ1n) is 12.2. The van der Waals surface area contributed by atoms with Gasteiger partial charge in [0.2, 0.25) is 0 Å². The van der Waals surface area contributed by atoms with E-state index < -0.39 is 34.7 Å². The summed E-state index contributed by atoms with van der Waals surface area (Å²) in [6, 6.07) is 15.1. The Labute approximate surface area is 229 Å². The van der Waals surface area contributed by atoms with E-state index in [2.05, 4.69) is 11.3 Å². The van der Waals surface area contributed by atoms with Crippen molar-refractivity contribution in [1.82, 2.24) is 14.6 Å². The number of amides is 1. The topological polar surface area (TPSA) is 93.2 Å². The summed E-state index contributed by atoms with van der Waals surface area (Å²) in [5.41, 5.74) is 8.78. The molecule has 1 heterocycles. The van der Waals surface area contributed by atoms with Gasteiger partial charge in [-0.05, 0) is 61.9 Å². The second-order valence-electron chi connectivity index (χ2n) is 8.87. The molecule has 0 fully saturated rings. The van der Waals surface area contributed by atoms with Crippen LogP contribution in [0.5, 0.6) is 0 Å². The van der Waals surface area contributed by atoms with Crippen molar-refractivity contribution in [3.8, 4) is 12.3 Å². The Bertz CT molecular complexity index is 1620. The van der Waals surface area contributed by atoms with E-state index in [4.69, 9.17) is 28.7 Å². The first kappa shape index (κ1) is 27.8. The highest BCUT2D eigenvalue weighted by atomic mass is 35.5. The zero-order valence-electron chi connectivity index (χ0n) is 21.1. The number of terminal acetylenes is 1. The Morgan fingerprint density at radius 3 is 2.62 bits per heavy atom. The fourth-order valence-electron chi connectivity index (χ4n) is 4.23. The van der Waals surface area contributed by atoms with E-state index in [9.17, 15) is 18.4 Å². The van der Waals surface area contributed by atoms with Crippen molar-refractivity contribution in [2.45, 2.75) is 25.8 Å². The van der Waals surface area contributed by atoms with E-state index in [0.717, 1.165) is 0 Å². The monoisotopic (exact) mass is 549 g/mol. The lowest BCUT2D eigenvalue weighted by Gasteiger charge is -2.32. The lowest BCUT2D eigenvalue weighted by Crippen LogP contribution is -2.41. The number of carbonyl (C=O) groups excluding carboxylic acids is 1. The van der Waals surface area contributed by atoms with E-state index in [1.165, 1.54) is 34.7 Å². The molecule has 4 aromatic rings. The van der Waals surface area contributed by atoms with Crippen molar-refractivity contribution in [1.29, 1.82) is 0 Å². The molecule has 7 nitrogen and oxygen atoms in total. The van der Waals surface area contributed by atoms with Crippen LogP contribution in [-0.2, 0) is 0 Å². The third-order valence-electron chi connectivity index (χ3n) is 6.23. The lowest BCUT2D eigenvalue weighted by atomic mass is 10.1. The molecule has 39 heavy (non-hydrogen) atoms. The molecule has 3 aromatic carbocycles. The van der Waals surface area contributed by atoms with Crippen LogP contribution < -0.4 is 16.7 Å². The van der Waals surface area contributed by atoms with Crippen LogP contribution in [0.4, 0.5) is 14.5 Å². The van der Waals surface area contributed by atoms with Gasteiger partial charge in [-0.2, -0.15) is 0 Å². The Morgan fingerprint density at radius 2 is 1.92 bits per heavy atom. The third kappa shape index (κ3) is 5.77. The molecule has 0 spiro atoms. The first-order chi connectivity index (χ1) is 18.8. The molecule has 0 aliphatic carbocycles. The maximum atomic E-state index is 14.9. The van der Waals surface area contributed by atoms with Crippen LogP contribution in [-0.4, -0.2) is 33.6 Å². The van der Waals surface area contributed by atoms with Crippen LogP contribution in [0.15, 0.2) is 65.5 Å². The summed E-state index contributed by atoms with van der Waals surface area (Å²) in [5.74, 6) is -0.573. The van der Waals surface area contributed by atoms with Crippen LogP contribution in [0.25, 0.3) is 10.9 Å². The van der Waals surface area contributed by atoms with Gasteiger partial charge in [0.05, 0.1) is 22.2 Å². The summed E-state index contributed by atoms with van der Waals surface area (Å²) in [4.78, 5) is 33.4. The van der Waals surface area contributed by atoms with Crippen LogP contribution in [0.3, 0.4) is 0 Å². The number of aromatic nitrogens is 2. The largest absolute Gasteiger partial charge is 0.330 e. The predicted octanol–water partition coefficient (Wildman–Crippen LogP) is 5.07. The molecular weight excluding hydrogens is 524 g/mol. The number of halogens is 3. The van der Waals surface area contributed by atoms with E-state index in [1.54, 1.807) is 36.4 Å². The third-order valence-corrected chi connectivity index (χ3v) is 6.46. The van der Waals surface area contributed by atoms with Gasteiger partial charge in [0.15, 0.2) is 17.5 Å². The van der Waals surface area contributed by atoms with Crippen molar-refractivity contribution in [2.24, 2.45) is 5.73 Å². The minimum Gasteiger partial charge on any atom is -0.330 e. The highest BCUT2D eigenvalue weighted by Crippen LogP contribution is 2.28. The Hall–Kier alpha value is -4.26.